The molecule has 0 unspecified atom stereocenters. The average Bonchev–Trinajstić information content (AvgIpc) is 2.58. The number of ether oxygens (including phenoxy) is 2. The van der Waals surface area contributed by atoms with Crippen molar-refractivity contribution in [2.45, 2.75) is 0 Å². The van der Waals surface area contributed by atoms with Gasteiger partial charge in [-0.25, -0.2) is 0 Å². The van der Waals surface area contributed by atoms with E-state index in [4.69, 9.17) is 9.47 Å². The molecule has 4 nitrogen and oxygen atoms in total. The molecule has 0 aliphatic rings. The molecule has 0 fully saturated rings. The second kappa shape index (κ2) is 8.52. The second-order valence-electron chi connectivity index (χ2n) is 4.56. The van der Waals surface area contributed by atoms with E-state index < -0.39 is 0 Å². The number of benzene rings is 2. The number of nitrogens with one attached hydrogen (secondary N) is 1. The first-order valence-electron chi connectivity index (χ1n) is 7.06. The Bertz CT molecular complexity index is 623. The van der Waals surface area contributed by atoms with E-state index in [1.807, 2.05) is 54.6 Å². The Morgan fingerprint density at radius 2 is 1.86 bits per heavy atom. The highest BCUT2D eigenvalue weighted by Gasteiger charge is 1.97. The summed E-state index contributed by atoms with van der Waals surface area (Å²) in [6.07, 6.45) is 3.24. The van der Waals surface area contributed by atoms with Crippen LogP contribution in [0.15, 0.2) is 60.7 Å². The molecule has 1 amide bonds. The van der Waals surface area contributed by atoms with Gasteiger partial charge < -0.3 is 14.8 Å². The maximum Gasteiger partial charge on any atom is 0.244 e. The van der Waals surface area contributed by atoms with Crippen molar-refractivity contribution >= 4 is 12.0 Å². The summed E-state index contributed by atoms with van der Waals surface area (Å²) in [5.74, 6) is 1.40. The molecule has 2 rings (SSSR count). The summed E-state index contributed by atoms with van der Waals surface area (Å²) in [5.41, 5.74) is 0.912. The Hall–Kier alpha value is -2.75. The number of methoxy groups -OCH3 is 1. The largest absolute Gasteiger partial charge is 0.497 e. The molecule has 0 radical (unpaired) electrons. The van der Waals surface area contributed by atoms with Gasteiger partial charge in [0.05, 0.1) is 13.7 Å². The SMILES string of the molecule is COc1cccc(/C=C/C(=O)NCCOc2ccccc2)c1. The monoisotopic (exact) mass is 297 g/mol. The van der Waals surface area contributed by atoms with Crippen LogP contribution in [0.5, 0.6) is 11.5 Å². The molecule has 0 saturated heterocycles. The first-order valence-corrected chi connectivity index (χ1v) is 7.06. The van der Waals surface area contributed by atoms with E-state index in [2.05, 4.69) is 5.32 Å². The maximum atomic E-state index is 11.7. The van der Waals surface area contributed by atoms with Crippen LogP contribution in [-0.2, 0) is 4.79 Å². The number of amides is 1. The summed E-state index contributed by atoms with van der Waals surface area (Å²) in [6, 6.07) is 17.0. The number of carbonyl (C=O) groups is 1. The molecule has 0 aliphatic heterocycles. The van der Waals surface area contributed by atoms with Crippen LogP contribution in [-0.4, -0.2) is 26.2 Å². The third kappa shape index (κ3) is 5.32. The smallest absolute Gasteiger partial charge is 0.244 e. The van der Waals surface area contributed by atoms with E-state index in [0.717, 1.165) is 17.1 Å². The molecule has 1 N–H and O–H groups in total. The van der Waals surface area contributed by atoms with Gasteiger partial charge in [-0.3, -0.25) is 4.79 Å². The molecular formula is C18H19NO3. The summed E-state index contributed by atoms with van der Waals surface area (Å²) < 4.78 is 10.6. The van der Waals surface area contributed by atoms with Crippen molar-refractivity contribution in [2.24, 2.45) is 0 Å². The molecule has 0 bridgehead atoms. The van der Waals surface area contributed by atoms with E-state index in [0.29, 0.717) is 13.2 Å². The van der Waals surface area contributed by atoms with E-state index in [1.165, 1.54) is 6.08 Å². The molecule has 0 aliphatic carbocycles. The van der Waals surface area contributed by atoms with Crippen LogP contribution in [0.3, 0.4) is 0 Å². The minimum Gasteiger partial charge on any atom is -0.497 e. The molecule has 0 heterocycles. The zero-order chi connectivity index (χ0) is 15.6. The van der Waals surface area contributed by atoms with Gasteiger partial charge in [0.25, 0.3) is 0 Å². The van der Waals surface area contributed by atoms with Crippen molar-refractivity contribution in [3.05, 3.63) is 66.2 Å². The Morgan fingerprint density at radius 1 is 1.09 bits per heavy atom. The fourth-order valence-corrected chi connectivity index (χ4v) is 1.84. The van der Waals surface area contributed by atoms with Gasteiger partial charge in [-0.2, -0.15) is 0 Å². The van der Waals surface area contributed by atoms with Crippen molar-refractivity contribution < 1.29 is 14.3 Å². The normalized spacial score (nSPS) is 10.4. The van der Waals surface area contributed by atoms with E-state index in [1.54, 1.807) is 13.2 Å². The predicted octanol–water partition coefficient (Wildman–Crippen LogP) is 2.90. The summed E-state index contributed by atoms with van der Waals surface area (Å²) in [7, 11) is 1.61. The molecule has 0 saturated carbocycles. The minimum absolute atomic E-state index is 0.153. The maximum absolute atomic E-state index is 11.7. The quantitative estimate of drug-likeness (QED) is 0.631. The van der Waals surface area contributed by atoms with E-state index in [9.17, 15) is 4.79 Å². The van der Waals surface area contributed by atoms with E-state index >= 15 is 0 Å². The zero-order valence-electron chi connectivity index (χ0n) is 12.5. The van der Waals surface area contributed by atoms with Crippen molar-refractivity contribution in [3.63, 3.8) is 0 Å². The van der Waals surface area contributed by atoms with Crippen LogP contribution in [0.4, 0.5) is 0 Å². The highest BCUT2D eigenvalue weighted by atomic mass is 16.5. The minimum atomic E-state index is -0.153. The lowest BCUT2D eigenvalue weighted by Gasteiger charge is -2.06. The van der Waals surface area contributed by atoms with Crippen molar-refractivity contribution in [1.29, 1.82) is 0 Å². The van der Waals surface area contributed by atoms with E-state index in [-0.39, 0.29) is 5.91 Å². The molecule has 4 heteroatoms. The first kappa shape index (κ1) is 15.6. The van der Waals surface area contributed by atoms with Gasteiger partial charge in [0.1, 0.15) is 18.1 Å². The third-order valence-corrected chi connectivity index (χ3v) is 2.93. The summed E-state index contributed by atoms with van der Waals surface area (Å²) >= 11 is 0. The standard InChI is InChI=1S/C18H19NO3/c1-21-17-9-5-6-15(14-17)10-11-18(20)19-12-13-22-16-7-3-2-4-8-16/h2-11,14H,12-13H2,1H3,(H,19,20)/b11-10+. The topological polar surface area (TPSA) is 47.6 Å². The number of hydrogen-bond acceptors (Lipinski definition) is 3. The Labute approximate surface area is 130 Å². The highest BCUT2D eigenvalue weighted by Crippen LogP contribution is 2.13. The van der Waals surface area contributed by atoms with Gasteiger partial charge in [-0.1, -0.05) is 30.3 Å². The van der Waals surface area contributed by atoms with Crippen molar-refractivity contribution in [2.75, 3.05) is 20.3 Å². The van der Waals surface area contributed by atoms with Gasteiger partial charge >= 0.3 is 0 Å². The highest BCUT2D eigenvalue weighted by molar-refractivity contribution is 5.91. The summed E-state index contributed by atoms with van der Waals surface area (Å²) in [6.45, 7) is 0.888. The molecule has 0 atom stereocenters. The molecule has 2 aromatic rings. The molecule has 0 spiro atoms. The Morgan fingerprint density at radius 3 is 2.64 bits per heavy atom. The van der Waals surface area contributed by atoms with Gasteiger partial charge in [0.2, 0.25) is 5.91 Å². The molecule has 114 valence electrons. The Balaban J connectivity index is 1.72. The number of carbonyl (C=O) groups excluding carboxylic acids is 1. The number of rotatable bonds is 7. The first-order chi connectivity index (χ1) is 10.8. The van der Waals surface area contributed by atoms with Crippen LogP contribution in [0.25, 0.3) is 6.08 Å². The van der Waals surface area contributed by atoms with Crippen LogP contribution in [0.1, 0.15) is 5.56 Å². The lowest BCUT2D eigenvalue weighted by atomic mass is 10.2. The molecular weight excluding hydrogens is 278 g/mol. The van der Waals surface area contributed by atoms with Crippen molar-refractivity contribution in [1.82, 2.24) is 5.32 Å². The fourth-order valence-electron chi connectivity index (χ4n) is 1.84. The lowest BCUT2D eigenvalue weighted by Crippen LogP contribution is -2.26. The van der Waals surface area contributed by atoms with Gasteiger partial charge in [-0.05, 0) is 35.9 Å². The molecule has 0 aromatic heterocycles. The fraction of sp³-hybridized carbons (Fsp3) is 0.167. The van der Waals surface area contributed by atoms with Crippen molar-refractivity contribution in [3.8, 4) is 11.5 Å². The third-order valence-electron chi connectivity index (χ3n) is 2.93. The zero-order valence-corrected chi connectivity index (χ0v) is 12.5. The van der Waals surface area contributed by atoms with Gasteiger partial charge in [0, 0.05) is 6.08 Å². The van der Waals surface area contributed by atoms with Crippen LogP contribution in [0, 0.1) is 0 Å². The number of hydrogen-bond donors (Lipinski definition) is 1. The predicted molar refractivity (Wildman–Crippen MR) is 87.0 cm³/mol. The second-order valence-corrected chi connectivity index (χ2v) is 4.56. The number of para-hydroxylation sites is 1. The van der Waals surface area contributed by atoms with Crippen LogP contribution in [0.2, 0.25) is 0 Å². The summed E-state index contributed by atoms with van der Waals surface area (Å²) in [4.78, 5) is 11.7. The summed E-state index contributed by atoms with van der Waals surface area (Å²) in [5, 5.41) is 2.77. The molecule has 22 heavy (non-hydrogen) atoms. The average molecular weight is 297 g/mol. The van der Waals surface area contributed by atoms with Gasteiger partial charge in [-0.15, -0.1) is 0 Å². The lowest BCUT2D eigenvalue weighted by molar-refractivity contribution is -0.116. The van der Waals surface area contributed by atoms with Crippen LogP contribution >= 0.6 is 0 Å². The van der Waals surface area contributed by atoms with Crippen LogP contribution < -0.4 is 14.8 Å². The molecule has 2 aromatic carbocycles. The Kier molecular flexibility index (Phi) is 6.05. The van der Waals surface area contributed by atoms with Gasteiger partial charge in [0.15, 0.2) is 0 Å².